The van der Waals surface area contributed by atoms with Gasteiger partial charge in [0.2, 0.25) is 0 Å². The first-order chi connectivity index (χ1) is 20.3. The van der Waals surface area contributed by atoms with Gasteiger partial charge in [0.15, 0.2) is 0 Å². The van der Waals surface area contributed by atoms with E-state index < -0.39 is 12.7 Å². The Morgan fingerprint density at radius 3 is 1.86 bits per heavy atom. The quantitative estimate of drug-likeness (QED) is 0.202. The van der Waals surface area contributed by atoms with Gasteiger partial charge >= 0.3 is 25.2 Å². The molecule has 2 aliphatic rings. The Kier molecular flexibility index (Phi) is 11.2. The van der Waals surface area contributed by atoms with Gasteiger partial charge in [-0.1, -0.05) is 6.58 Å². The number of nitrogens with zero attached hydrogens (tertiary/aromatic N) is 1. The van der Waals surface area contributed by atoms with Crippen LogP contribution in [0, 0.1) is 19.8 Å². The lowest BCUT2D eigenvalue weighted by molar-refractivity contribution is 0.00578. The molecule has 0 N–H and O–H groups in total. The van der Waals surface area contributed by atoms with E-state index in [2.05, 4.69) is 6.58 Å². The highest BCUT2D eigenvalue weighted by Crippen LogP contribution is 2.38. The van der Waals surface area contributed by atoms with Gasteiger partial charge in [-0.25, -0.2) is 14.4 Å². The molecule has 0 bridgehead atoms. The normalized spacial score (nSPS) is 17.9. The summed E-state index contributed by atoms with van der Waals surface area (Å²) < 4.78 is 27.9. The van der Waals surface area contributed by atoms with Gasteiger partial charge in [-0.15, -0.1) is 11.3 Å². The third-order valence-electron chi connectivity index (χ3n) is 8.33. The first-order valence-corrected chi connectivity index (χ1v) is 16.4. The van der Waals surface area contributed by atoms with E-state index in [1.54, 1.807) is 10.3 Å². The van der Waals surface area contributed by atoms with Gasteiger partial charge in [-0.05, 0) is 97.8 Å². The average molecular weight is 648 g/mol. The second-order valence-corrected chi connectivity index (χ2v) is 14.9. The number of thiophene rings is 2. The summed E-state index contributed by atoms with van der Waals surface area (Å²) in [5.74, 6) is -0.328. The van der Waals surface area contributed by atoms with Crippen molar-refractivity contribution in [3.63, 3.8) is 0 Å². The number of hydrogen-bond donors (Lipinski definition) is 0. The maximum atomic E-state index is 12.2. The Labute approximate surface area is 270 Å². The Morgan fingerprint density at radius 2 is 1.39 bits per heavy atom. The lowest BCUT2D eigenvalue weighted by atomic mass is 9.84. The Morgan fingerprint density at radius 1 is 0.909 bits per heavy atom. The van der Waals surface area contributed by atoms with Crippen LogP contribution in [0.25, 0.3) is 5.57 Å². The molecular weight excluding hydrogens is 601 g/mol. The van der Waals surface area contributed by atoms with Crippen LogP contribution in [-0.2, 0) is 23.5 Å². The summed E-state index contributed by atoms with van der Waals surface area (Å²) >= 11 is 3.00. The molecule has 0 atom stereocenters. The molecular formula is C32H46BNO8S2. The molecule has 0 unspecified atom stereocenters. The Balaban J connectivity index is 0.000000249. The number of allylic oxidation sites excluding steroid dienone is 1. The van der Waals surface area contributed by atoms with Crippen molar-refractivity contribution in [3.05, 3.63) is 44.5 Å². The van der Waals surface area contributed by atoms with E-state index in [4.69, 9.17) is 23.5 Å². The molecule has 4 rings (SSSR count). The highest BCUT2D eigenvalue weighted by molar-refractivity contribution is 7.21. The first-order valence-electron chi connectivity index (χ1n) is 14.7. The van der Waals surface area contributed by atoms with Crippen molar-refractivity contribution in [3.8, 4) is 0 Å². The molecule has 44 heavy (non-hydrogen) atoms. The second-order valence-electron chi connectivity index (χ2n) is 13.1. The summed E-state index contributed by atoms with van der Waals surface area (Å²) in [7, 11) is 2.35. The van der Waals surface area contributed by atoms with E-state index in [0.717, 1.165) is 39.2 Å². The third-order valence-corrected chi connectivity index (χ3v) is 10.6. The summed E-state index contributed by atoms with van der Waals surface area (Å²) in [6.07, 6.45) is 1.45. The number of carbonyl (C=O) groups is 3. The van der Waals surface area contributed by atoms with Gasteiger partial charge in [0.25, 0.3) is 0 Å². The van der Waals surface area contributed by atoms with E-state index >= 15 is 0 Å². The molecule has 12 heteroatoms. The molecule has 0 radical (unpaired) electrons. The third kappa shape index (κ3) is 7.94. The molecule has 2 saturated heterocycles. The fourth-order valence-electron chi connectivity index (χ4n) is 4.89. The molecule has 2 aliphatic heterocycles. The van der Waals surface area contributed by atoms with Gasteiger partial charge in [-0.3, -0.25) is 0 Å². The van der Waals surface area contributed by atoms with Crippen LogP contribution in [0.4, 0.5) is 4.79 Å². The van der Waals surface area contributed by atoms with Gasteiger partial charge < -0.3 is 28.4 Å². The van der Waals surface area contributed by atoms with Gasteiger partial charge in [0, 0.05) is 33.5 Å². The smallest absolute Gasteiger partial charge is 0.465 e. The molecule has 2 fully saturated rings. The number of likely N-dealkylation sites (tertiary alicyclic amines) is 1. The minimum absolute atomic E-state index is 0.253. The van der Waals surface area contributed by atoms with Crippen molar-refractivity contribution in [1.29, 1.82) is 0 Å². The number of ether oxygens (including phenoxy) is 3. The molecule has 0 aliphatic carbocycles. The van der Waals surface area contributed by atoms with E-state index in [-0.39, 0.29) is 29.2 Å². The highest BCUT2D eigenvalue weighted by atomic mass is 32.1. The van der Waals surface area contributed by atoms with Crippen LogP contribution in [0.15, 0.2) is 17.3 Å². The SMILES string of the molecule is C=C(c1scc(C(=O)OC)c1C)C1CCN(C(=O)OC(C)(C)C)CC1.COC(=O)c1csc(B2OC(C)(C)C(C)(C)O2)c1C. The largest absolute Gasteiger partial charge is 0.505 e. The monoisotopic (exact) mass is 647 g/mol. The molecule has 0 spiro atoms. The number of hydrogen-bond acceptors (Lipinski definition) is 10. The van der Waals surface area contributed by atoms with Crippen LogP contribution in [-0.4, -0.2) is 74.2 Å². The van der Waals surface area contributed by atoms with Gasteiger partial charge in [0.05, 0.1) is 36.5 Å². The highest BCUT2D eigenvalue weighted by Gasteiger charge is 2.52. The van der Waals surface area contributed by atoms with Crippen molar-refractivity contribution in [2.75, 3.05) is 27.3 Å². The van der Waals surface area contributed by atoms with Crippen LogP contribution >= 0.6 is 22.7 Å². The zero-order valence-electron chi connectivity index (χ0n) is 27.9. The fourth-order valence-corrected chi connectivity index (χ4v) is 7.02. The zero-order chi connectivity index (χ0) is 33.2. The summed E-state index contributed by atoms with van der Waals surface area (Å²) in [5, 5.41) is 3.62. The Hall–Kier alpha value is -2.67. The van der Waals surface area contributed by atoms with E-state index in [1.165, 1.54) is 36.9 Å². The maximum absolute atomic E-state index is 12.2. The lowest BCUT2D eigenvalue weighted by Gasteiger charge is -2.34. The summed E-state index contributed by atoms with van der Waals surface area (Å²) in [5.41, 5.74) is 2.80. The average Bonchev–Trinajstić information content (AvgIpc) is 3.58. The minimum Gasteiger partial charge on any atom is -0.465 e. The summed E-state index contributed by atoms with van der Waals surface area (Å²) in [6, 6.07) is 0. The van der Waals surface area contributed by atoms with Crippen LogP contribution in [0.5, 0.6) is 0 Å². The van der Waals surface area contributed by atoms with Crippen molar-refractivity contribution in [1.82, 2.24) is 4.90 Å². The van der Waals surface area contributed by atoms with Crippen molar-refractivity contribution >= 4 is 58.2 Å². The van der Waals surface area contributed by atoms with E-state index in [0.29, 0.717) is 30.1 Å². The van der Waals surface area contributed by atoms with Crippen LogP contribution in [0.3, 0.4) is 0 Å². The Bertz CT molecular complexity index is 1360. The molecule has 1 amide bonds. The molecule has 0 aromatic carbocycles. The lowest BCUT2D eigenvalue weighted by Crippen LogP contribution is -2.41. The van der Waals surface area contributed by atoms with E-state index in [1.807, 2.05) is 67.7 Å². The zero-order valence-corrected chi connectivity index (χ0v) is 29.5. The molecule has 242 valence electrons. The standard InChI is InChI=1S/C19H27NO4S.C13H19BO4S/c1-12(16-13(2)15(11-25-16)17(21)23-6)14-7-9-20(10-8-14)18(22)24-19(3,4)5;1-8-9(11(15)16-6)7-19-10(8)14-17-12(2,3)13(4,5)18-14/h11,14H,1,7-10H2,2-6H3;7H,1-6H3. The van der Waals surface area contributed by atoms with Crippen LogP contribution < -0.4 is 4.78 Å². The number of esters is 2. The molecule has 2 aromatic rings. The van der Waals surface area contributed by atoms with Crippen LogP contribution in [0.2, 0.25) is 0 Å². The number of carbonyl (C=O) groups excluding carboxylic acids is 3. The minimum atomic E-state index is -0.476. The number of piperidine rings is 1. The van der Waals surface area contributed by atoms with Crippen molar-refractivity contribution < 1.29 is 37.9 Å². The van der Waals surface area contributed by atoms with E-state index in [9.17, 15) is 14.4 Å². The second kappa shape index (κ2) is 13.8. The van der Waals surface area contributed by atoms with Gasteiger partial charge in [-0.2, -0.15) is 11.3 Å². The maximum Gasteiger partial charge on any atom is 0.505 e. The number of rotatable bonds is 5. The molecule has 0 saturated carbocycles. The number of methoxy groups -OCH3 is 2. The van der Waals surface area contributed by atoms with Crippen LogP contribution in [0.1, 0.15) is 98.0 Å². The predicted octanol–water partition coefficient (Wildman–Crippen LogP) is 6.65. The summed E-state index contributed by atoms with van der Waals surface area (Å²) in [4.78, 5) is 38.4. The van der Waals surface area contributed by atoms with Crippen molar-refractivity contribution in [2.24, 2.45) is 5.92 Å². The summed E-state index contributed by atoms with van der Waals surface area (Å²) in [6.45, 7) is 23.1. The fraction of sp³-hybridized carbons (Fsp3) is 0.594. The predicted molar refractivity (Wildman–Crippen MR) is 176 cm³/mol. The number of amides is 1. The topological polar surface area (TPSA) is 101 Å². The van der Waals surface area contributed by atoms with Gasteiger partial charge in [0.1, 0.15) is 5.60 Å². The van der Waals surface area contributed by atoms with Crippen molar-refractivity contribution in [2.45, 2.75) is 92.0 Å². The first kappa shape index (κ1) is 35.8. The molecule has 4 heterocycles. The molecule has 9 nitrogen and oxygen atoms in total. The molecule has 2 aromatic heterocycles.